The summed E-state index contributed by atoms with van der Waals surface area (Å²) in [5.74, 6) is -1.18. The zero-order chi connectivity index (χ0) is 15.3. The second kappa shape index (κ2) is 7.40. The maximum absolute atomic E-state index is 11.3. The van der Waals surface area contributed by atoms with Crippen LogP contribution in [-0.4, -0.2) is 41.3 Å². The fourth-order valence-corrected chi connectivity index (χ4v) is 2.40. The fraction of sp³-hybridized carbons (Fsp3) is 0.714. The van der Waals surface area contributed by atoms with Crippen molar-refractivity contribution in [1.82, 2.24) is 5.32 Å². The maximum Gasteiger partial charge on any atom is 0.331 e. The number of amides is 1. The van der Waals surface area contributed by atoms with Crippen LogP contribution in [0.15, 0.2) is 11.6 Å². The standard InChI is InChI=1S/C14H24N2O4/c1-4-10(5-2)20-12-7-9(14(18)19)6-11(15)13(12)16-8(3)17/h7,10-13H,4-6,15H2,1-3H3,(H,16,17)(H,18,19)/t11-,12-,13+/m0/s1. The van der Waals surface area contributed by atoms with Gasteiger partial charge in [-0.15, -0.1) is 0 Å². The molecule has 6 nitrogen and oxygen atoms in total. The van der Waals surface area contributed by atoms with Crippen LogP contribution in [0.3, 0.4) is 0 Å². The highest BCUT2D eigenvalue weighted by atomic mass is 16.5. The average molecular weight is 284 g/mol. The van der Waals surface area contributed by atoms with E-state index < -0.39 is 24.2 Å². The summed E-state index contributed by atoms with van der Waals surface area (Å²) in [6.45, 7) is 5.43. The smallest absolute Gasteiger partial charge is 0.331 e. The molecule has 0 saturated carbocycles. The van der Waals surface area contributed by atoms with Crippen molar-refractivity contribution in [3.63, 3.8) is 0 Å². The Morgan fingerprint density at radius 3 is 2.55 bits per heavy atom. The lowest BCUT2D eigenvalue weighted by molar-refractivity contribution is -0.133. The van der Waals surface area contributed by atoms with Crippen molar-refractivity contribution in [3.05, 3.63) is 11.6 Å². The molecule has 3 atom stereocenters. The summed E-state index contributed by atoms with van der Waals surface area (Å²) in [4.78, 5) is 22.4. The van der Waals surface area contributed by atoms with Gasteiger partial charge in [-0.3, -0.25) is 4.79 Å². The number of hydrogen-bond donors (Lipinski definition) is 3. The molecule has 1 amide bonds. The van der Waals surface area contributed by atoms with Gasteiger partial charge in [-0.25, -0.2) is 4.79 Å². The molecule has 6 heteroatoms. The molecule has 0 heterocycles. The number of rotatable bonds is 6. The summed E-state index contributed by atoms with van der Waals surface area (Å²) in [5, 5.41) is 11.9. The minimum atomic E-state index is -0.986. The molecule has 0 spiro atoms. The van der Waals surface area contributed by atoms with E-state index in [0.717, 1.165) is 12.8 Å². The molecular weight excluding hydrogens is 260 g/mol. The Balaban J connectivity index is 2.96. The first-order chi connectivity index (χ1) is 9.38. The predicted octanol–water partition coefficient (Wildman–Crippen LogP) is 0.807. The van der Waals surface area contributed by atoms with Gasteiger partial charge < -0.3 is 20.9 Å². The third kappa shape index (κ3) is 4.31. The quantitative estimate of drug-likeness (QED) is 0.670. The topological polar surface area (TPSA) is 102 Å². The van der Waals surface area contributed by atoms with Gasteiger partial charge in [-0.05, 0) is 25.3 Å². The van der Waals surface area contributed by atoms with Crippen LogP contribution in [0.1, 0.15) is 40.0 Å². The molecule has 4 N–H and O–H groups in total. The Kier molecular flexibility index (Phi) is 6.16. The van der Waals surface area contributed by atoms with Crippen LogP contribution < -0.4 is 11.1 Å². The zero-order valence-corrected chi connectivity index (χ0v) is 12.3. The van der Waals surface area contributed by atoms with Crippen molar-refractivity contribution in [3.8, 4) is 0 Å². The van der Waals surface area contributed by atoms with Crippen LogP contribution in [0.5, 0.6) is 0 Å². The van der Waals surface area contributed by atoms with E-state index in [1.807, 2.05) is 13.8 Å². The molecule has 0 saturated heterocycles. The Bertz CT molecular complexity index is 391. The third-order valence-electron chi connectivity index (χ3n) is 3.54. The van der Waals surface area contributed by atoms with Gasteiger partial charge in [0.15, 0.2) is 0 Å². The van der Waals surface area contributed by atoms with Crippen molar-refractivity contribution in [2.24, 2.45) is 5.73 Å². The average Bonchev–Trinajstić information content (AvgIpc) is 2.38. The molecule has 1 aliphatic rings. The number of nitrogens with two attached hydrogens (primary N) is 1. The molecule has 1 aliphatic carbocycles. The van der Waals surface area contributed by atoms with Crippen molar-refractivity contribution in [2.75, 3.05) is 0 Å². The van der Waals surface area contributed by atoms with E-state index in [9.17, 15) is 9.59 Å². The van der Waals surface area contributed by atoms with E-state index in [1.165, 1.54) is 6.92 Å². The lowest BCUT2D eigenvalue weighted by atomic mass is 9.88. The van der Waals surface area contributed by atoms with Gasteiger partial charge in [0, 0.05) is 18.5 Å². The first-order valence-corrected chi connectivity index (χ1v) is 7.01. The number of hydrogen-bond acceptors (Lipinski definition) is 4. The lowest BCUT2D eigenvalue weighted by Crippen LogP contribution is -2.57. The second-order valence-electron chi connectivity index (χ2n) is 5.13. The number of carbonyl (C=O) groups is 2. The molecule has 0 fully saturated rings. The summed E-state index contributed by atoms with van der Waals surface area (Å²) in [6, 6.07) is -0.856. The van der Waals surface area contributed by atoms with E-state index in [-0.39, 0.29) is 24.0 Å². The summed E-state index contributed by atoms with van der Waals surface area (Å²) < 4.78 is 5.92. The Morgan fingerprint density at radius 2 is 2.10 bits per heavy atom. The molecule has 0 aromatic heterocycles. The molecule has 0 unspecified atom stereocenters. The van der Waals surface area contributed by atoms with Crippen molar-refractivity contribution >= 4 is 11.9 Å². The van der Waals surface area contributed by atoms with E-state index in [4.69, 9.17) is 15.6 Å². The number of ether oxygens (including phenoxy) is 1. The van der Waals surface area contributed by atoms with E-state index in [2.05, 4.69) is 5.32 Å². The minimum Gasteiger partial charge on any atom is -0.478 e. The van der Waals surface area contributed by atoms with E-state index in [0.29, 0.717) is 0 Å². The van der Waals surface area contributed by atoms with Gasteiger partial charge in [0.25, 0.3) is 0 Å². The van der Waals surface area contributed by atoms with Gasteiger partial charge in [0.1, 0.15) is 0 Å². The van der Waals surface area contributed by atoms with Crippen LogP contribution in [-0.2, 0) is 14.3 Å². The summed E-state index contributed by atoms with van der Waals surface area (Å²) in [5.41, 5.74) is 6.25. The number of carboxylic acid groups (broad SMARTS) is 1. The van der Waals surface area contributed by atoms with Crippen LogP contribution in [0, 0.1) is 0 Å². The van der Waals surface area contributed by atoms with Gasteiger partial charge >= 0.3 is 5.97 Å². The monoisotopic (exact) mass is 284 g/mol. The third-order valence-corrected chi connectivity index (χ3v) is 3.54. The lowest BCUT2D eigenvalue weighted by Gasteiger charge is -2.36. The molecule has 0 bridgehead atoms. The fourth-order valence-electron chi connectivity index (χ4n) is 2.40. The molecule has 1 rings (SSSR count). The molecule has 114 valence electrons. The summed E-state index contributed by atoms with van der Waals surface area (Å²) >= 11 is 0. The Morgan fingerprint density at radius 1 is 1.50 bits per heavy atom. The van der Waals surface area contributed by atoms with Crippen LogP contribution in [0.4, 0.5) is 0 Å². The van der Waals surface area contributed by atoms with Crippen LogP contribution >= 0.6 is 0 Å². The SMILES string of the molecule is CCC(CC)O[C@H]1C=C(C(=O)O)C[C@H](N)[C@H]1NC(C)=O. The Labute approximate surface area is 119 Å². The van der Waals surface area contributed by atoms with E-state index in [1.54, 1.807) is 6.08 Å². The number of carbonyl (C=O) groups excluding carboxylic acids is 1. The first kappa shape index (κ1) is 16.7. The normalized spacial score (nSPS) is 26.2. The van der Waals surface area contributed by atoms with Crippen LogP contribution in [0.2, 0.25) is 0 Å². The molecule has 0 aliphatic heterocycles. The second-order valence-corrected chi connectivity index (χ2v) is 5.13. The molecule has 0 aromatic carbocycles. The maximum atomic E-state index is 11.3. The minimum absolute atomic E-state index is 0.0212. The summed E-state index contributed by atoms with van der Waals surface area (Å²) in [7, 11) is 0. The number of aliphatic carboxylic acids is 1. The zero-order valence-electron chi connectivity index (χ0n) is 12.3. The molecule has 0 aromatic rings. The van der Waals surface area contributed by atoms with Crippen LogP contribution in [0.25, 0.3) is 0 Å². The van der Waals surface area contributed by atoms with Crippen molar-refractivity contribution in [1.29, 1.82) is 0 Å². The molecule has 0 radical (unpaired) electrons. The highest BCUT2D eigenvalue weighted by Gasteiger charge is 2.35. The van der Waals surface area contributed by atoms with Gasteiger partial charge in [-0.2, -0.15) is 0 Å². The van der Waals surface area contributed by atoms with Gasteiger partial charge in [0.2, 0.25) is 5.91 Å². The highest BCUT2D eigenvalue weighted by Crippen LogP contribution is 2.23. The molecule has 20 heavy (non-hydrogen) atoms. The van der Waals surface area contributed by atoms with Gasteiger partial charge in [-0.1, -0.05) is 13.8 Å². The van der Waals surface area contributed by atoms with Gasteiger partial charge in [0.05, 0.1) is 18.2 Å². The van der Waals surface area contributed by atoms with Crippen molar-refractivity contribution in [2.45, 2.75) is 64.3 Å². The first-order valence-electron chi connectivity index (χ1n) is 7.01. The number of nitrogens with one attached hydrogen (secondary N) is 1. The molecular formula is C14H24N2O4. The predicted molar refractivity (Wildman–Crippen MR) is 75.2 cm³/mol. The highest BCUT2D eigenvalue weighted by molar-refractivity contribution is 5.87. The van der Waals surface area contributed by atoms with E-state index >= 15 is 0 Å². The number of carboxylic acids is 1. The Hall–Kier alpha value is -1.40. The largest absolute Gasteiger partial charge is 0.478 e. The summed E-state index contributed by atoms with van der Waals surface area (Å²) in [6.07, 6.45) is 2.97. The van der Waals surface area contributed by atoms with Crippen molar-refractivity contribution < 1.29 is 19.4 Å².